The van der Waals surface area contributed by atoms with Crippen molar-refractivity contribution in [3.8, 4) is 5.75 Å². The molecule has 0 amide bonds. The molecule has 0 saturated heterocycles. The Bertz CT molecular complexity index is 453. The Morgan fingerprint density at radius 1 is 1.33 bits per heavy atom. The van der Waals surface area contributed by atoms with E-state index in [4.69, 9.17) is 14.6 Å². The van der Waals surface area contributed by atoms with Gasteiger partial charge in [-0.1, -0.05) is 12.1 Å². The second-order valence-corrected chi connectivity index (χ2v) is 4.87. The van der Waals surface area contributed by atoms with Gasteiger partial charge in [0.25, 0.3) is 0 Å². The Morgan fingerprint density at radius 3 is 2.33 bits per heavy atom. The van der Waals surface area contributed by atoms with Crippen LogP contribution in [0, 0.1) is 6.65 Å². The van der Waals surface area contributed by atoms with Gasteiger partial charge < -0.3 is 4.74 Å². The molecule has 0 aliphatic heterocycles. The van der Waals surface area contributed by atoms with Crippen molar-refractivity contribution in [3.63, 3.8) is 0 Å². The Kier molecular flexibility index (Phi) is 7.97. The molecule has 7 nitrogen and oxygen atoms in total. The molecule has 1 aromatic rings. The first kappa shape index (κ1) is 16.6. The fourth-order valence-corrected chi connectivity index (χ4v) is 1.37. The van der Waals surface area contributed by atoms with Crippen LogP contribution in [0.4, 0.5) is 0 Å². The van der Waals surface area contributed by atoms with Gasteiger partial charge >= 0.3 is 11.3 Å². The van der Waals surface area contributed by atoms with E-state index in [2.05, 4.69) is 16.3 Å². The van der Waals surface area contributed by atoms with Crippen molar-refractivity contribution in [1.82, 2.24) is 4.72 Å². The minimum absolute atomic E-state index is 0.0785. The second-order valence-electron chi connectivity index (χ2n) is 3.00. The summed E-state index contributed by atoms with van der Waals surface area (Å²) >= 11 is 0. The number of ether oxygens (including phenoxy) is 1. The summed E-state index contributed by atoms with van der Waals surface area (Å²) in [6.07, 6.45) is 0. The van der Waals surface area contributed by atoms with Crippen LogP contribution in [0.3, 0.4) is 0 Å². The van der Waals surface area contributed by atoms with Crippen LogP contribution in [0.5, 0.6) is 5.75 Å². The van der Waals surface area contributed by atoms with Crippen LogP contribution < -0.4 is 9.46 Å². The van der Waals surface area contributed by atoms with Crippen LogP contribution in [0.2, 0.25) is 0 Å². The van der Waals surface area contributed by atoms with Gasteiger partial charge in [0.1, 0.15) is 12.4 Å². The zero-order valence-corrected chi connectivity index (χ0v) is 10.4. The van der Waals surface area contributed by atoms with Crippen LogP contribution in [-0.2, 0) is 26.2 Å². The normalized spacial score (nSPS) is 10.2. The molecule has 0 saturated carbocycles. The molecule has 0 aliphatic carbocycles. The van der Waals surface area contributed by atoms with Gasteiger partial charge in [0, 0.05) is 0 Å². The van der Waals surface area contributed by atoms with Gasteiger partial charge in [-0.2, -0.15) is 0 Å². The number of rotatable bonds is 6. The van der Waals surface area contributed by atoms with Crippen LogP contribution in [0.1, 0.15) is 5.56 Å². The number of nitrogens with one attached hydrogen (secondary N) is 1. The molecule has 1 rings (SSSR count). The molecule has 0 aliphatic rings. The van der Waals surface area contributed by atoms with Gasteiger partial charge in [0.2, 0.25) is 16.0 Å². The average molecular weight is 275 g/mol. The van der Waals surface area contributed by atoms with Crippen LogP contribution >= 0.6 is 0 Å². The third-order valence-electron chi connectivity index (χ3n) is 1.85. The predicted octanol–water partition coefficient (Wildman–Crippen LogP) is 0.524. The Hall–Kier alpha value is -1.41. The van der Waals surface area contributed by atoms with Crippen molar-refractivity contribution in [3.05, 3.63) is 36.5 Å². The zero-order chi connectivity index (χ0) is 14.0. The van der Waals surface area contributed by atoms with Crippen molar-refractivity contribution in [2.24, 2.45) is 0 Å². The van der Waals surface area contributed by atoms with Gasteiger partial charge in [-0.15, -0.1) is 0 Å². The van der Waals surface area contributed by atoms with E-state index in [0.29, 0.717) is 5.75 Å². The van der Waals surface area contributed by atoms with E-state index in [0.717, 1.165) is 5.56 Å². The Balaban J connectivity index is 0.00000137. The van der Waals surface area contributed by atoms with Crippen LogP contribution in [-0.4, -0.2) is 26.7 Å². The molecular weight excluding hydrogens is 262 g/mol. The molecule has 0 heterocycles. The number of hydrogen-bond acceptors (Lipinski definition) is 5. The minimum atomic E-state index is -3.37. The Morgan fingerprint density at radius 2 is 1.89 bits per heavy atom. The molecule has 0 fully saturated rings. The van der Waals surface area contributed by atoms with E-state index in [-0.39, 0.29) is 6.61 Å². The Labute approximate surface area is 105 Å². The van der Waals surface area contributed by atoms with Gasteiger partial charge in [-0.25, -0.2) is 18.0 Å². The SMILES string of the molecule is CNS(=O)(=O)COc1ccc(COO)cc1.[C-]#[O+]. The van der Waals surface area contributed by atoms with E-state index in [1.165, 1.54) is 7.05 Å². The summed E-state index contributed by atoms with van der Waals surface area (Å²) in [4.78, 5) is 3.95. The van der Waals surface area contributed by atoms with Gasteiger partial charge in [-0.05, 0) is 24.7 Å². The summed E-state index contributed by atoms with van der Waals surface area (Å²) in [7, 11) is -2.06. The van der Waals surface area contributed by atoms with E-state index >= 15 is 0 Å². The van der Waals surface area contributed by atoms with Crippen molar-refractivity contribution >= 4 is 10.0 Å². The fraction of sp³-hybridized carbons (Fsp3) is 0.300. The molecule has 100 valence electrons. The molecule has 0 bridgehead atoms. The summed E-state index contributed by atoms with van der Waals surface area (Å²) in [5.41, 5.74) is 0.756. The molecule has 0 unspecified atom stereocenters. The zero-order valence-electron chi connectivity index (χ0n) is 9.62. The van der Waals surface area contributed by atoms with E-state index < -0.39 is 16.0 Å². The summed E-state index contributed by atoms with van der Waals surface area (Å²) < 4.78 is 36.8. The van der Waals surface area contributed by atoms with Crippen molar-refractivity contribution in [1.29, 1.82) is 0 Å². The van der Waals surface area contributed by atoms with E-state index in [1.54, 1.807) is 24.3 Å². The van der Waals surface area contributed by atoms with Gasteiger partial charge in [-0.3, -0.25) is 5.26 Å². The van der Waals surface area contributed by atoms with Crippen molar-refractivity contribution in [2.45, 2.75) is 6.61 Å². The maximum atomic E-state index is 11.1. The molecule has 0 aromatic heterocycles. The molecule has 18 heavy (non-hydrogen) atoms. The fourth-order valence-electron chi connectivity index (χ4n) is 0.961. The second kappa shape index (κ2) is 8.65. The summed E-state index contributed by atoms with van der Waals surface area (Å²) in [5, 5.41) is 8.21. The molecule has 1 aromatic carbocycles. The molecule has 0 atom stereocenters. The standard InChI is InChI=1S/C9H13NO5S.CO/c1-10-16(12,13)7-14-9-4-2-8(3-5-9)6-15-11;1-2/h2-5,10-11H,6-7H2,1H3;. The van der Waals surface area contributed by atoms with Crippen LogP contribution in [0.15, 0.2) is 24.3 Å². The quantitative estimate of drug-likeness (QED) is 0.341. The first-order valence-corrected chi connectivity index (χ1v) is 6.32. The summed E-state index contributed by atoms with van der Waals surface area (Å²) in [6, 6.07) is 6.52. The topological polar surface area (TPSA) is 105 Å². The van der Waals surface area contributed by atoms with Gasteiger partial charge in [0.15, 0.2) is 0 Å². The van der Waals surface area contributed by atoms with Crippen LogP contribution in [0.25, 0.3) is 0 Å². The third kappa shape index (κ3) is 6.36. The van der Waals surface area contributed by atoms with Crippen molar-refractivity contribution in [2.75, 3.05) is 13.0 Å². The average Bonchev–Trinajstić information content (AvgIpc) is 2.41. The number of hydrogen-bond donors (Lipinski definition) is 2. The summed E-state index contributed by atoms with van der Waals surface area (Å²) in [6.45, 7) is 4.58. The number of benzene rings is 1. The molecule has 2 N–H and O–H groups in total. The first-order chi connectivity index (χ1) is 8.57. The molecule has 0 spiro atoms. The third-order valence-corrected chi connectivity index (χ3v) is 2.90. The molecule has 0 radical (unpaired) electrons. The number of sulfonamides is 1. The van der Waals surface area contributed by atoms with E-state index in [1.807, 2.05) is 0 Å². The first-order valence-electron chi connectivity index (χ1n) is 4.67. The molecule has 8 heteroatoms. The van der Waals surface area contributed by atoms with Crippen molar-refractivity contribution < 1.29 is 28.0 Å². The predicted molar refractivity (Wildman–Crippen MR) is 61.3 cm³/mol. The van der Waals surface area contributed by atoms with Gasteiger partial charge in [0.05, 0.1) is 0 Å². The van der Waals surface area contributed by atoms with E-state index in [9.17, 15) is 8.42 Å². The molecular formula is C10H13NO6S. The monoisotopic (exact) mass is 275 g/mol. The summed E-state index contributed by atoms with van der Waals surface area (Å²) in [5.74, 6) is -0.000171. The maximum absolute atomic E-state index is 11.1.